The van der Waals surface area contributed by atoms with Gasteiger partial charge >= 0.3 is 11.9 Å². The van der Waals surface area contributed by atoms with E-state index in [4.69, 9.17) is 9.47 Å². The Hall–Kier alpha value is -2.15. The van der Waals surface area contributed by atoms with Crippen molar-refractivity contribution in [3.63, 3.8) is 0 Å². The van der Waals surface area contributed by atoms with Crippen LogP contribution in [0.4, 0.5) is 0 Å². The number of carbonyl (C=O) groups is 3. The molecule has 6 nitrogen and oxygen atoms in total. The van der Waals surface area contributed by atoms with E-state index >= 15 is 0 Å². The molecule has 0 saturated heterocycles. The molecule has 0 aliphatic carbocycles. The number of hydrogen-bond acceptors (Lipinski definition) is 5. The molecule has 130 valence electrons. The average Bonchev–Trinajstić information content (AvgIpc) is 2.52. The number of nitrogens with one attached hydrogen (secondary N) is 1. The second-order valence-electron chi connectivity index (χ2n) is 4.80. The molecule has 1 N–H and O–H groups in total. The Bertz CT molecular complexity index is 624. The Morgan fingerprint density at radius 1 is 1.17 bits per heavy atom. The summed E-state index contributed by atoms with van der Waals surface area (Å²) in [5, 5.41) is 2.30. The molecule has 0 aliphatic rings. The van der Waals surface area contributed by atoms with E-state index in [2.05, 4.69) is 21.2 Å². The Morgan fingerprint density at radius 3 is 2.25 bits per heavy atom. The summed E-state index contributed by atoms with van der Waals surface area (Å²) in [6, 6.07) is 4.18. The molecule has 7 heteroatoms. The third-order valence-corrected chi connectivity index (χ3v) is 3.59. The van der Waals surface area contributed by atoms with Crippen molar-refractivity contribution in [2.75, 3.05) is 13.2 Å². The summed E-state index contributed by atoms with van der Waals surface area (Å²) in [6.07, 6.45) is 2.81. The maximum absolute atomic E-state index is 12.0. The molecule has 0 aliphatic heterocycles. The fourth-order valence-corrected chi connectivity index (χ4v) is 2.41. The number of benzene rings is 1. The van der Waals surface area contributed by atoms with Crippen molar-refractivity contribution in [3.05, 3.63) is 39.9 Å². The summed E-state index contributed by atoms with van der Waals surface area (Å²) in [7, 11) is 0. The maximum atomic E-state index is 12.0. The standard InChI is InChI=1S/C17H20BrNO5/c1-4-23-16(21)15(17(22)24-5-2)19-14(20)9-8-12-7-6-11(3)10-13(12)18/h6-10,15H,4-5H2,1-3H3,(H,19,20). The van der Waals surface area contributed by atoms with Gasteiger partial charge in [0.15, 0.2) is 0 Å². The second-order valence-corrected chi connectivity index (χ2v) is 5.66. The summed E-state index contributed by atoms with van der Waals surface area (Å²) < 4.78 is 10.4. The second kappa shape index (κ2) is 9.87. The Balaban J connectivity index is 2.81. The van der Waals surface area contributed by atoms with Gasteiger partial charge in [-0.15, -0.1) is 0 Å². The first-order valence-corrected chi connectivity index (χ1v) is 8.26. The van der Waals surface area contributed by atoms with Gasteiger partial charge in [-0.05, 0) is 44.0 Å². The summed E-state index contributed by atoms with van der Waals surface area (Å²) in [5.74, 6) is -2.31. The highest BCUT2D eigenvalue weighted by molar-refractivity contribution is 9.10. The lowest BCUT2D eigenvalue weighted by Gasteiger charge is -2.14. The van der Waals surface area contributed by atoms with Crippen LogP contribution in [0.1, 0.15) is 25.0 Å². The van der Waals surface area contributed by atoms with Crippen molar-refractivity contribution in [2.45, 2.75) is 26.8 Å². The number of carbonyl (C=O) groups excluding carboxylic acids is 3. The van der Waals surface area contributed by atoms with Gasteiger partial charge in [-0.25, -0.2) is 9.59 Å². The van der Waals surface area contributed by atoms with Gasteiger partial charge in [-0.1, -0.05) is 28.1 Å². The maximum Gasteiger partial charge on any atom is 0.340 e. The molecular formula is C17H20BrNO5. The molecule has 0 radical (unpaired) electrons. The highest BCUT2D eigenvalue weighted by Gasteiger charge is 2.30. The van der Waals surface area contributed by atoms with Crippen LogP contribution in [0.3, 0.4) is 0 Å². The molecule has 0 unspecified atom stereocenters. The van der Waals surface area contributed by atoms with Crippen molar-refractivity contribution in [2.24, 2.45) is 0 Å². The third-order valence-electron chi connectivity index (χ3n) is 2.90. The first kappa shape index (κ1) is 19.9. The minimum atomic E-state index is -1.48. The normalized spacial score (nSPS) is 10.7. The van der Waals surface area contributed by atoms with Gasteiger partial charge in [0, 0.05) is 10.5 Å². The number of amides is 1. The van der Waals surface area contributed by atoms with Gasteiger partial charge in [0.25, 0.3) is 0 Å². The molecule has 1 rings (SSSR count). The third kappa shape index (κ3) is 6.16. The highest BCUT2D eigenvalue weighted by Crippen LogP contribution is 2.19. The van der Waals surface area contributed by atoms with Crippen LogP contribution in [0, 0.1) is 6.92 Å². The van der Waals surface area contributed by atoms with Crippen molar-refractivity contribution in [3.8, 4) is 0 Å². The van der Waals surface area contributed by atoms with Gasteiger partial charge in [-0.3, -0.25) is 4.79 Å². The predicted molar refractivity (Wildman–Crippen MR) is 93.1 cm³/mol. The van der Waals surface area contributed by atoms with Gasteiger partial charge in [0.1, 0.15) is 0 Å². The number of ether oxygens (including phenoxy) is 2. The van der Waals surface area contributed by atoms with Gasteiger partial charge in [0.05, 0.1) is 13.2 Å². The molecule has 0 fully saturated rings. The van der Waals surface area contributed by atoms with Crippen LogP contribution in [0.5, 0.6) is 0 Å². The minimum absolute atomic E-state index is 0.0940. The van der Waals surface area contributed by atoms with Crippen LogP contribution >= 0.6 is 15.9 Å². The lowest BCUT2D eigenvalue weighted by Crippen LogP contribution is -2.47. The number of aryl methyl sites for hydroxylation is 1. The van der Waals surface area contributed by atoms with Gasteiger partial charge < -0.3 is 14.8 Å². The van der Waals surface area contributed by atoms with Crippen LogP contribution < -0.4 is 5.32 Å². The van der Waals surface area contributed by atoms with E-state index in [0.29, 0.717) is 0 Å². The molecule has 1 aromatic carbocycles. The monoisotopic (exact) mass is 397 g/mol. The van der Waals surface area contributed by atoms with Crippen molar-refractivity contribution in [1.29, 1.82) is 0 Å². The smallest absolute Gasteiger partial charge is 0.340 e. The van der Waals surface area contributed by atoms with Crippen molar-refractivity contribution < 1.29 is 23.9 Å². The Labute approximate surface area is 149 Å². The SMILES string of the molecule is CCOC(=O)C(NC(=O)C=Cc1ccc(C)cc1Br)C(=O)OCC. The van der Waals surface area contributed by atoms with E-state index in [1.807, 2.05) is 25.1 Å². The van der Waals surface area contributed by atoms with Crippen molar-refractivity contribution in [1.82, 2.24) is 5.32 Å². The van der Waals surface area contributed by atoms with Crippen LogP contribution in [-0.2, 0) is 23.9 Å². The molecular weight excluding hydrogens is 378 g/mol. The molecule has 1 amide bonds. The fraction of sp³-hybridized carbons (Fsp3) is 0.353. The van der Waals surface area contributed by atoms with E-state index < -0.39 is 23.9 Å². The number of rotatable bonds is 7. The minimum Gasteiger partial charge on any atom is -0.464 e. The Morgan fingerprint density at radius 2 is 1.75 bits per heavy atom. The zero-order chi connectivity index (χ0) is 18.1. The molecule has 24 heavy (non-hydrogen) atoms. The number of halogens is 1. The van der Waals surface area contributed by atoms with E-state index in [1.54, 1.807) is 19.9 Å². The predicted octanol–water partition coefficient (Wildman–Crippen LogP) is 2.38. The summed E-state index contributed by atoms with van der Waals surface area (Å²) in [5.41, 5.74) is 1.87. The van der Waals surface area contributed by atoms with E-state index in [1.165, 1.54) is 6.08 Å². The molecule has 0 atom stereocenters. The first-order chi connectivity index (χ1) is 11.4. The van der Waals surface area contributed by atoms with Crippen LogP contribution in [0.2, 0.25) is 0 Å². The summed E-state index contributed by atoms with van der Waals surface area (Å²) in [6.45, 7) is 5.36. The molecule has 0 aromatic heterocycles. The van der Waals surface area contributed by atoms with Crippen LogP contribution in [0.25, 0.3) is 6.08 Å². The van der Waals surface area contributed by atoms with Gasteiger partial charge in [-0.2, -0.15) is 0 Å². The van der Waals surface area contributed by atoms with E-state index in [9.17, 15) is 14.4 Å². The quantitative estimate of drug-likeness (QED) is 0.433. The summed E-state index contributed by atoms with van der Waals surface area (Å²) >= 11 is 3.40. The van der Waals surface area contributed by atoms with Crippen LogP contribution in [-0.4, -0.2) is 37.1 Å². The molecule has 0 saturated carbocycles. The zero-order valence-corrected chi connectivity index (χ0v) is 15.4. The van der Waals surface area contributed by atoms with Crippen molar-refractivity contribution >= 4 is 39.9 Å². The first-order valence-electron chi connectivity index (χ1n) is 7.47. The number of esters is 2. The highest BCUT2D eigenvalue weighted by atomic mass is 79.9. The largest absolute Gasteiger partial charge is 0.464 e. The van der Waals surface area contributed by atoms with E-state index in [-0.39, 0.29) is 13.2 Å². The average molecular weight is 398 g/mol. The molecule has 0 heterocycles. The topological polar surface area (TPSA) is 81.7 Å². The molecule has 1 aromatic rings. The lowest BCUT2D eigenvalue weighted by molar-refractivity contribution is -0.159. The number of hydrogen-bond donors (Lipinski definition) is 1. The summed E-state index contributed by atoms with van der Waals surface area (Å²) in [4.78, 5) is 35.6. The molecule has 0 spiro atoms. The van der Waals surface area contributed by atoms with Crippen LogP contribution in [0.15, 0.2) is 28.7 Å². The van der Waals surface area contributed by atoms with Gasteiger partial charge in [0.2, 0.25) is 11.9 Å². The zero-order valence-electron chi connectivity index (χ0n) is 13.8. The van der Waals surface area contributed by atoms with E-state index in [0.717, 1.165) is 15.6 Å². The Kier molecular flexibility index (Phi) is 8.18. The molecule has 0 bridgehead atoms. The fourth-order valence-electron chi connectivity index (χ4n) is 1.79. The lowest BCUT2D eigenvalue weighted by atomic mass is 10.1.